The number of rotatable bonds is 1. The summed E-state index contributed by atoms with van der Waals surface area (Å²) < 4.78 is 11.5. The summed E-state index contributed by atoms with van der Waals surface area (Å²) in [5, 5.41) is 16.8. The first kappa shape index (κ1) is 24.6. The van der Waals surface area contributed by atoms with Gasteiger partial charge in [0.25, 0.3) is 0 Å². The number of aromatic nitrogens is 2. The zero-order valence-electron chi connectivity index (χ0n) is 21.2. The van der Waals surface area contributed by atoms with E-state index in [-0.39, 0.29) is 5.91 Å². The fraction of sp³-hybridized carbons (Fsp3) is 0.393. The number of nitrogens with zero attached hydrogens (tertiary/aromatic N) is 4. The monoisotopic (exact) mass is 516 g/mol. The Balaban J connectivity index is 1.38. The highest BCUT2D eigenvalue weighted by molar-refractivity contribution is 5.82. The van der Waals surface area contributed by atoms with Gasteiger partial charge in [-0.05, 0) is 48.4 Å². The summed E-state index contributed by atoms with van der Waals surface area (Å²) in [5.41, 5.74) is 4.72. The van der Waals surface area contributed by atoms with Crippen molar-refractivity contribution in [3.05, 3.63) is 60.3 Å². The minimum Gasteiger partial charge on any atom is -0.492 e. The lowest BCUT2D eigenvalue weighted by atomic mass is 10.1. The molecule has 2 fully saturated rings. The van der Waals surface area contributed by atoms with Crippen LogP contribution < -0.4 is 20.3 Å². The number of amides is 1. The van der Waals surface area contributed by atoms with Gasteiger partial charge >= 0.3 is 0 Å². The van der Waals surface area contributed by atoms with Crippen LogP contribution in [0.2, 0.25) is 0 Å². The third-order valence-corrected chi connectivity index (χ3v) is 7.20. The van der Waals surface area contributed by atoms with Crippen LogP contribution in [0.15, 0.2) is 54.7 Å². The molecule has 2 aromatic carbocycles. The van der Waals surface area contributed by atoms with Gasteiger partial charge in [-0.25, -0.2) is 9.97 Å². The predicted molar refractivity (Wildman–Crippen MR) is 144 cm³/mol. The van der Waals surface area contributed by atoms with Gasteiger partial charge in [-0.3, -0.25) is 9.69 Å². The van der Waals surface area contributed by atoms with E-state index in [1.807, 2.05) is 36.4 Å². The summed E-state index contributed by atoms with van der Waals surface area (Å²) >= 11 is 0. The highest BCUT2D eigenvalue weighted by Crippen LogP contribution is 2.31. The lowest BCUT2D eigenvalue weighted by Crippen LogP contribution is -2.44. The van der Waals surface area contributed by atoms with Crippen LogP contribution in [0.3, 0.4) is 0 Å². The molecule has 3 aliphatic rings. The standard InChI is InChI=1S/C28H32N6O4/c35-22-16-26-27(36)29-8-11-38-23-3-1-2-19(15-23)24-6-7-30-28(32-24)31-21-4-5-25(33-9-12-37-13-10-33)20(14-21)17-34(26)18-22/h1-7,14-15,22,26,35H,8-13,16-18H2,(H,29,36)(H,30,31,32)/t22-,26?/m1/s1. The van der Waals surface area contributed by atoms with Crippen molar-refractivity contribution in [1.29, 1.82) is 0 Å². The van der Waals surface area contributed by atoms with Gasteiger partial charge in [-0.15, -0.1) is 0 Å². The second-order valence-corrected chi connectivity index (χ2v) is 9.84. The van der Waals surface area contributed by atoms with E-state index in [0.717, 1.165) is 41.3 Å². The van der Waals surface area contributed by atoms with Gasteiger partial charge in [0.2, 0.25) is 11.9 Å². The zero-order valence-corrected chi connectivity index (χ0v) is 21.2. The molecule has 6 bridgehead atoms. The van der Waals surface area contributed by atoms with Gasteiger partial charge in [-0.1, -0.05) is 12.1 Å². The van der Waals surface area contributed by atoms with Crippen LogP contribution in [0.1, 0.15) is 12.0 Å². The molecule has 38 heavy (non-hydrogen) atoms. The highest BCUT2D eigenvalue weighted by atomic mass is 16.5. The molecule has 1 unspecified atom stereocenters. The smallest absolute Gasteiger partial charge is 0.237 e. The van der Waals surface area contributed by atoms with Crippen LogP contribution in [0.5, 0.6) is 5.75 Å². The summed E-state index contributed by atoms with van der Waals surface area (Å²) in [6, 6.07) is 15.4. The maximum Gasteiger partial charge on any atom is 0.237 e. The Hall–Kier alpha value is -3.73. The number of hydrogen-bond acceptors (Lipinski definition) is 9. The quantitative estimate of drug-likeness (QED) is 0.448. The molecule has 0 radical (unpaired) electrons. The van der Waals surface area contributed by atoms with Crippen LogP contribution in [0.25, 0.3) is 11.3 Å². The van der Waals surface area contributed by atoms with Crippen LogP contribution >= 0.6 is 0 Å². The molecule has 6 rings (SSSR count). The molecular weight excluding hydrogens is 484 g/mol. The Morgan fingerprint density at radius 1 is 1.05 bits per heavy atom. The van der Waals surface area contributed by atoms with Crippen molar-refractivity contribution in [3.8, 4) is 17.0 Å². The summed E-state index contributed by atoms with van der Waals surface area (Å²) in [5.74, 6) is 1.10. The van der Waals surface area contributed by atoms with Crippen LogP contribution in [0, 0.1) is 0 Å². The maximum atomic E-state index is 13.2. The minimum atomic E-state index is -0.553. The van der Waals surface area contributed by atoms with E-state index >= 15 is 0 Å². The Morgan fingerprint density at radius 2 is 1.95 bits per heavy atom. The van der Waals surface area contributed by atoms with Gasteiger partial charge in [-0.2, -0.15) is 0 Å². The van der Waals surface area contributed by atoms with Crippen molar-refractivity contribution in [2.75, 3.05) is 56.2 Å². The molecule has 0 aliphatic carbocycles. The van der Waals surface area contributed by atoms with E-state index in [1.54, 1.807) is 6.20 Å². The van der Waals surface area contributed by atoms with E-state index < -0.39 is 12.1 Å². The Kier molecular flexibility index (Phi) is 7.08. The number of anilines is 3. The molecule has 198 valence electrons. The fourth-order valence-corrected chi connectivity index (χ4v) is 5.36. The van der Waals surface area contributed by atoms with E-state index in [1.165, 1.54) is 0 Å². The summed E-state index contributed by atoms with van der Waals surface area (Å²) in [6.45, 7) is 4.64. The maximum absolute atomic E-state index is 13.2. The molecule has 1 amide bonds. The first-order valence-corrected chi connectivity index (χ1v) is 13.1. The largest absolute Gasteiger partial charge is 0.492 e. The van der Waals surface area contributed by atoms with E-state index in [4.69, 9.17) is 14.5 Å². The Morgan fingerprint density at radius 3 is 2.84 bits per heavy atom. The summed E-state index contributed by atoms with van der Waals surface area (Å²) in [6.07, 6.45) is 1.59. The molecule has 2 atom stereocenters. The molecule has 10 heteroatoms. The first-order valence-electron chi connectivity index (χ1n) is 13.1. The number of aliphatic hydroxyl groups excluding tert-OH is 1. The van der Waals surface area contributed by atoms with Crippen LogP contribution in [0.4, 0.5) is 17.3 Å². The Bertz CT molecular complexity index is 1300. The second kappa shape index (κ2) is 10.9. The lowest BCUT2D eigenvalue weighted by molar-refractivity contribution is -0.125. The number of fused-ring (bicyclic) bond motifs is 8. The number of ether oxygens (including phenoxy) is 2. The fourth-order valence-electron chi connectivity index (χ4n) is 5.36. The third kappa shape index (κ3) is 5.42. The lowest BCUT2D eigenvalue weighted by Gasteiger charge is -2.32. The molecule has 0 spiro atoms. The SMILES string of the molecule is O=C1NCCOc2cccc(c2)-c2ccnc(n2)Nc2ccc(N3CCOCC3)c(c2)CN2C[C@H](O)CC12. The van der Waals surface area contributed by atoms with Crippen molar-refractivity contribution >= 4 is 23.2 Å². The number of morpholine rings is 1. The second-order valence-electron chi connectivity index (χ2n) is 9.84. The number of hydrogen-bond donors (Lipinski definition) is 3. The number of aliphatic hydroxyl groups is 1. The van der Waals surface area contributed by atoms with E-state index in [0.29, 0.717) is 57.6 Å². The highest BCUT2D eigenvalue weighted by Gasteiger charge is 2.36. The molecule has 2 saturated heterocycles. The number of nitrogens with one attached hydrogen (secondary N) is 2. The molecule has 1 aromatic heterocycles. The van der Waals surface area contributed by atoms with E-state index in [9.17, 15) is 9.90 Å². The number of carbonyl (C=O) groups excluding carboxylic acids is 1. The van der Waals surface area contributed by atoms with Crippen LogP contribution in [-0.4, -0.2) is 84.0 Å². The number of benzene rings is 2. The molecular formula is C28H32N6O4. The van der Waals surface area contributed by atoms with Gasteiger partial charge in [0, 0.05) is 49.3 Å². The normalized spacial score (nSPS) is 22.3. The van der Waals surface area contributed by atoms with Crippen molar-refractivity contribution in [2.45, 2.75) is 25.1 Å². The van der Waals surface area contributed by atoms with Gasteiger partial charge in [0.15, 0.2) is 0 Å². The molecule has 10 nitrogen and oxygen atoms in total. The average Bonchev–Trinajstić information content (AvgIpc) is 3.31. The number of carbonyl (C=O) groups is 1. The van der Waals surface area contributed by atoms with Gasteiger partial charge in [0.1, 0.15) is 12.4 Å². The summed E-state index contributed by atoms with van der Waals surface area (Å²) in [4.78, 5) is 26.7. The van der Waals surface area contributed by atoms with Crippen molar-refractivity contribution in [2.24, 2.45) is 0 Å². The molecule has 3 aromatic rings. The predicted octanol–water partition coefficient (Wildman–Crippen LogP) is 2.17. The zero-order chi connectivity index (χ0) is 25.9. The molecule has 0 saturated carbocycles. The third-order valence-electron chi connectivity index (χ3n) is 7.20. The summed E-state index contributed by atoms with van der Waals surface area (Å²) in [7, 11) is 0. The van der Waals surface area contributed by atoms with Gasteiger partial charge in [0.05, 0.1) is 37.6 Å². The molecule has 3 N–H and O–H groups in total. The van der Waals surface area contributed by atoms with Crippen molar-refractivity contribution in [1.82, 2.24) is 20.2 Å². The Labute approximate surface area is 221 Å². The molecule has 3 aliphatic heterocycles. The first-order chi connectivity index (χ1) is 18.6. The van der Waals surface area contributed by atoms with Crippen molar-refractivity contribution in [3.63, 3.8) is 0 Å². The van der Waals surface area contributed by atoms with E-state index in [2.05, 4.69) is 37.6 Å². The van der Waals surface area contributed by atoms with Crippen LogP contribution in [-0.2, 0) is 16.1 Å². The average molecular weight is 517 g/mol. The topological polar surface area (TPSA) is 112 Å². The van der Waals surface area contributed by atoms with Gasteiger partial charge < -0.3 is 30.1 Å². The minimum absolute atomic E-state index is 0.0920. The molecule has 4 heterocycles. The van der Waals surface area contributed by atoms with Crippen molar-refractivity contribution < 1.29 is 19.4 Å².